The first-order valence-corrected chi connectivity index (χ1v) is 12.4. The minimum Gasteiger partial charge on any atom is -0.480 e. The van der Waals surface area contributed by atoms with Gasteiger partial charge in [0.2, 0.25) is 17.7 Å². The van der Waals surface area contributed by atoms with E-state index in [0.717, 1.165) is 13.0 Å². The monoisotopic (exact) mass is 497 g/mol. The summed E-state index contributed by atoms with van der Waals surface area (Å²) >= 11 is 0. The Kier molecular flexibility index (Phi) is 13.1. The molecule has 9 N–H and O–H groups in total. The van der Waals surface area contributed by atoms with E-state index >= 15 is 0 Å². The van der Waals surface area contributed by atoms with Crippen molar-refractivity contribution >= 4 is 29.7 Å². The van der Waals surface area contributed by atoms with Crippen LogP contribution >= 0.6 is 0 Å². The van der Waals surface area contributed by atoms with Crippen molar-refractivity contribution in [3.8, 4) is 0 Å². The van der Waals surface area contributed by atoms with E-state index in [0.29, 0.717) is 19.3 Å². The van der Waals surface area contributed by atoms with Gasteiger partial charge in [0, 0.05) is 6.54 Å². The van der Waals surface area contributed by atoms with Gasteiger partial charge in [0.15, 0.2) is 5.96 Å². The van der Waals surface area contributed by atoms with Crippen molar-refractivity contribution in [1.82, 2.24) is 21.3 Å². The second kappa shape index (κ2) is 15.2. The molecule has 0 saturated carbocycles. The minimum atomic E-state index is -1.13. The molecule has 0 radical (unpaired) electrons. The lowest BCUT2D eigenvalue weighted by Crippen LogP contribution is -2.58. The molecule has 12 heteroatoms. The molecule has 5 unspecified atom stereocenters. The zero-order chi connectivity index (χ0) is 26.5. The molecule has 1 fully saturated rings. The van der Waals surface area contributed by atoms with E-state index in [1.54, 1.807) is 6.92 Å². The van der Waals surface area contributed by atoms with Crippen LogP contribution in [0.1, 0.15) is 66.2 Å². The highest BCUT2D eigenvalue weighted by atomic mass is 16.4. The maximum atomic E-state index is 13.2. The van der Waals surface area contributed by atoms with Crippen LogP contribution in [0.5, 0.6) is 0 Å². The third-order valence-electron chi connectivity index (χ3n) is 6.07. The van der Waals surface area contributed by atoms with Crippen molar-refractivity contribution in [2.75, 3.05) is 13.1 Å². The van der Waals surface area contributed by atoms with Crippen LogP contribution in [0.2, 0.25) is 0 Å². The van der Waals surface area contributed by atoms with Gasteiger partial charge in [-0.25, -0.2) is 4.79 Å². The van der Waals surface area contributed by atoms with Gasteiger partial charge in [-0.2, -0.15) is 0 Å². The van der Waals surface area contributed by atoms with Gasteiger partial charge in [-0.15, -0.1) is 0 Å². The summed E-state index contributed by atoms with van der Waals surface area (Å²) in [6.45, 7) is 8.43. The number of carboxylic acid groups (broad SMARTS) is 1. The summed E-state index contributed by atoms with van der Waals surface area (Å²) in [5.41, 5.74) is 10.7. The second-order valence-corrected chi connectivity index (χ2v) is 9.56. The zero-order valence-electron chi connectivity index (χ0n) is 21.3. The number of nitrogens with one attached hydrogen (secondary N) is 4. The number of nitrogens with two attached hydrogens (primary N) is 2. The fraction of sp³-hybridized carbons (Fsp3) is 0.783. The van der Waals surface area contributed by atoms with E-state index in [1.165, 1.54) is 0 Å². The van der Waals surface area contributed by atoms with Crippen LogP contribution in [0, 0.1) is 11.8 Å². The van der Waals surface area contributed by atoms with Crippen LogP contribution in [0.4, 0.5) is 0 Å². The number of rotatable bonds is 15. The molecule has 35 heavy (non-hydrogen) atoms. The lowest BCUT2D eigenvalue weighted by Gasteiger charge is -2.28. The first-order chi connectivity index (χ1) is 16.5. The maximum Gasteiger partial charge on any atom is 0.326 e. The third kappa shape index (κ3) is 10.9. The molecule has 1 heterocycles. The standard InChI is InChI=1S/C23H43N7O5/c1-5-14(4)18(21(33)29-17(22(34)35)12-13(2)3)30-20(32)16(9-7-11-27-23(24)25)28-19(31)15-8-6-10-26-15/h13-18,26H,5-12H2,1-4H3,(H,28,31)(H,29,33)(H,30,32)(H,34,35)(H4,24,25,27). The fourth-order valence-corrected chi connectivity index (χ4v) is 3.86. The lowest BCUT2D eigenvalue weighted by molar-refractivity contribution is -0.143. The molecule has 5 atom stereocenters. The zero-order valence-corrected chi connectivity index (χ0v) is 21.3. The largest absolute Gasteiger partial charge is 0.480 e. The van der Waals surface area contributed by atoms with Crippen LogP contribution < -0.4 is 32.7 Å². The molecule has 0 aromatic carbocycles. The van der Waals surface area contributed by atoms with E-state index in [2.05, 4.69) is 26.3 Å². The Labute approximate surface area is 207 Å². The van der Waals surface area contributed by atoms with Crippen LogP contribution in [0.25, 0.3) is 0 Å². The quantitative estimate of drug-likeness (QED) is 0.0884. The Morgan fingerprint density at radius 1 is 1.06 bits per heavy atom. The summed E-state index contributed by atoms with van der Waals surface area (Å²) in [5.74, 6) is -2.76. The average Bonchev–Trinajstić information content (AvgIpc) is 3.32. The Morgan fingerprint density at radius 3 is 2.26 bits per heavy atom. The summed E-state index contributed by atoms with van der Waals surface area (Å²) in [7, 11) is 0. The molecule has 3 amide bonds. The Balaban J connectivity index is 2.97. The molecule has 1 saturated heterocycles. The van der Waals surface area contributed by atoms with Gasteiger partial charge in [0.05, 0.1) is 6.04 Å². The van der Waals surface area contributed by atoms with Gasteiger partial charge in [0.25, 0.3) is 0 Å². The summed E-state index contributed by atoms with van der Waals surface area (Å²) in [6.07, 6.45) is 3.09. The molecule has 1 aliphatic heterocycles. The van der Waals surface area contributed by atoms with E-state index in [9.17, 15) is 24.3 Å². The lowest BCUT2D eigenvalue weighted by atomic mass is 9.96. The molecule has 0 spiro atoms. The van der Waals surface area contributed by atoms with Crippen molar-refractivity contribution in [3.63, 3.8) is 0 Å². The molecular weight excluding hydrogens is 454 g/mol. The Bertz CT molecular complexity index is 749. The number of carbonyl (C=O) groups is 4. The van der Waals surface area contributed by atoms with Crippen molar-refractivity contribution in [1.29, 1.82) is 0 Å². The van der Waals surface area contributed by atoms with E-state index in [-0.39, 0.29) is 49.1 Å². The summed E-state index contributed by atoms with van der Waals surface area (Å²) in [6, 6.07) is -3.29. The summed E-state index contributed by atoms with van der Waals surface area (Å²) < 4.78 is 0. The van der Waals surface area contributed by atoms with Gasteiger partial charge >= 0.3 is 5.97 Å². The number of carbonyl (C=O) groups excluding carboxylic acids is 3. The number of aliphatic imine (C=N–C) groups is 1. The van der Waals surface area contributed by atoms with E-state index in [1.807, 2.05) is 20.8 Å². The topological polar surface area (TPSA) is 201 Å². The highest BCUT2D eigenvalue weighted by molar-refractivity contribution is 5.94. The molecule has 1 rings (SSSR count). The maximum absolute atomic E-state index is 13.2. The highest BCUT2D eigenvalue weighted by Gasteiger charge is 2.33. The molecule has 0 aliphatic carbocycles. The van der Waals surface area contributed by atoms with Crippen LogP contribution in [0.15, 0.2) is 4.99 Å². The number of carboxylic acids is 1. The molecule has 0 aromatic heterocycles. The van der Waals surface area contributed by atoms with Crippen LogP contribution in [0.3, 0.4) is 0 Å². The number of nitrogens with zero attached hydrogens (tertiary/aromatic N) is 1. The van der Waals surface area contributed by atoms with Crippen molar-refractivity contribution in [2.24, 2.45) is 28.3 Å². The van der Waals surface area contributed by atoms with Gasteiger partial charge in [-0.05, 0) is 50.5 Å². The predicted molar refractivity (Wildman–Crippen MR) is 133 cm³/mol. The smallest absolute Gasteiger partial charge is 0.326 e. The first-order valence-electron chi connectivity index (χ1n) is 12.4. The van der Waals surface area contributed by atoms with Crippen LogP contribution in [-0.4, -0.2) is 72.0 Å². The molecular formula is C23H43N7O5. The highest BCUT2D eigenvalue weighted by Crippen LogP contribution is 2.12. The number of hydrogen-bond donors (Lipinski definition) is 7. The molecule has 12 nitrogen and oxygen atoms in total. The number of aliphatic carboxylic acids is 1. The van der Waals surface area contributed by atoms with E-state index < -0.39 is 35.9 Å². The molecule has 1 aliphatic rings. The normalized spacial score (nSPS) is 18.7. The van der Waals surface area contributed by atoms with Crippen molar-refractivity contribution < 1.29 is 24.3 Å². The summed E-state index contributed by atoms with van der Waals surface area (Å²) in [4.78, 5) is 54.5. The summed E-state index contributed by atoms with van der Waals surface area (Å²) in [5, 5.41) is 20.7. The third-order valence-corrected chi connectivity index (χ3v) is 6.07. The van der Waals surface area contributed by atoms with Gasteiger partial charge < -0.3 is 37.8 Å². The fourth-order valence-electron chi connectivity index (χ4n) is 3.86. The molecule has 0 aromatic rings. The van der Waals surface area contributed by atoms with Crippen LogP contribution in [-0.2, 0) is 19.2 Å². The number of amides is 3. The van der Waals surface area contributed by atoms with Gasteiger partial charge in [-0.1, -0.05) is 34.1 Å². The first kappa shape index (κ1) is 30.1. The van der Waals surface area contributed by atoms with Gasteiger partial charge in [0.1, 0.15) is 18.1 Å². The van der Waals surface area contributed by atoms with Crippen molar-refractivity contribution in [3.05, 3.63) is 0 Å². The molecule has 0 bridgehead atoms. The van der Waals surface area contributed by atoms with E-state index in [4.69, 9.17) is 11.5 Å². The number of guanidine groups is 1. The van der Waals surface area contributed by atoms with Crippen molar-refractivity contribution in [2.45, 2.75) is 90.4 Å². The van der Waals surface area contributed by atoms with Gasteiger partial charge in [-0.3, -0.25) is 19.4 Å². The number of hydrogen-bond acceptors (Lipinski definition) is 6. The predicted octanol–water partition coefficient (Wildman–Crippen LogP) is -0.577. The SMILES string of the molecule is CCC(C)C(NC(=O)C(CCCN=C(N)N)NC(=O)C1CCCN1)C(=O)NC(CC(C)C)C(=O)O. The average molecular weight is 498 g/mol. The Hall–Kier alpha value is -2.89. The molecule has 200 valence electrons. The Morgan fingerprint density at radius 2 is 1.74 bits per heavy atom. The second-order valence-electron chi connectivity index (χ2n) is 9.56. The minimum absolute atomic E-state index is 0.0574.